The molecule has 1 atom stereocenters. The molecule has 1 heterocycles. The normalized spacial score (nSPS) is 23.8. The van der Waals surface area contributed by atoms with Gasteiger partial charge in [-0.1, -0.05) is 0 Å². The maximum absolute atomic E-state index is 11.0. The second-order valence-electron chi connectivity index (χ2n) is 2.63. The summed E-state index contributed by atoms with van der Waals surface area (Å²) in [7, 11) is 0. The van der Waals surface area contributed by atoms with Crippen molar-refractivity contribution in [2.24, 2.45) is 0 Å². The van der Waals surface area contributed by atoms with Crippen LogP contribution in [0, 0.1) is 0 Å². The lowest BCUT2D eigenvalue weighted by Crippen LogP contribution is -2.33. The molecular weight excluding hydrogens is 160 g/mol. The van der Waals surface area contributed by atoms with Gasteiger partial charge in [-0.15, -0.1) is 0 Å². The molecule has 0 aliphatic carbocycles. The first-order valence-corrected chi connectivity index (χ1v) is 4.04. The standard InChI is InChI=1S/C8H12O4/c1-2-11-8(10)7-4-3-6(9)5-12-7/h7H,2-5H2,1H3/t7-/m1/s1. The Labute approximate surface area is 70.8 Å². The van der Waals surface area contributed by atoms with Crippen LogP contribution < -0.4 is 0 Å². The minimum absolute atomic E-state index is 0.0451. The topological polar surface area (TPSA) is 52.6 Å². The molecule has 0 N–H and O–H groups in total. The van der Waals surface area contributed by atoms with Crippen molar-refractivity contribution in [3.05, 3.63) is 0 Å². The molecule has 0 spiro atoms. The van der Waals surface area contributed by atoms with Crippen LogP contribution in [0.4, 0.5) is 0 Å². The van der Waals surface area contributed by atoms with E-state index in [2.05, 4.69) is 0 Å². The average molecular weight is 172 g/mol. The molecule has 1 aliphatic heterocycles. The quantitative estimate of drug-likeness (QED) is 0.562. The van der Waals surface area contributed by atoms with Crippen LogP contribution in [0.5, 0.6) is 0 Å². The maximum Gasteiger partial charge on any atom is 0.335 e. The first-order chi connectivity index (χ1) is 5.74. The summed E-state index contributed by atoms with van der Waals surface area (Å²) in [4.78, 5) is 21.8. The number of carbonyl (C=O) groups excluding carboxylic acids is 2. The number of carbonyl (C=O) groups is 2. The monoisotopic (exact) mass is 172 g/mol. The molecule has 1 rings (SSSR count). The number of ketones is 1. The third-order valence-electron chi connectivity index (χ3n) is 1.68. The highest BCUT2D eigenvalue weighted by atomic mass is 16.6. The molecule has 68 valence electrons. The van der Waals surface area contributed by atoms with Gasteiger partial charge in [0.1, 0.15) is 6.61 Å². The van der Waals surface area contributed by atoms with Gasteiger partial charge in [-0.05, 0) is 13.3 Å². The zero-order chi connectivity index (χ0) is 8.97. The first kappa shape index (κ1) is 9.19. The highest BCUT2D eigenvalue weighted by Crippen LogP contribution is 2.11. The molecule has 0 aromatic rings. The average Bonchev–Trinajstić information content (AvgIpc) is 2.06. The molecule has 0 radical (unpaired) electrons. The van der Waals surface area contributed by atoms with Crippen LogP contribution in [0.3, 0.4) is 0 Å². The number of rotatable bonds is 2. The van der Waals surface area contributed by atoms with E-state index in [4.69, 9.17) is 9.47 Å². The fourth-order valence-corrected chi connectivity index (χ4v) is 1.06. The number of hydrogen-bond donors (Lipinski definition) is 0. The second kappa shape index (κ2) is 4.21. The van der Waals surface area contributed by atoms with E-state index >= 15 is 0 Å². The largest absolute Gasteiger partial charge is 0.464 e. The van der Waals surface area contributed by atoms with Gasteiger partial charge in [-0.2, -0.15) is 0 Å². The van der Waals surface area contributed by atoms with Gasteiger partial charge in [0, 0.05) is 6.42 Å². The highest BCUT2D eigenvalue weighted by molar-refractivity contribution is 5.83. The van der Waals surface area contributed by atoms with Gasteiger partial charge in [0.15, 0.2) is 11.9 Å². The predicted molar refractivity (Wildman–Crippen MR) is 40.6 cm³/mol. The number of hydrogen-bond acceptors (Lipinski definition) is 4. The van der Waals surface area contributed by atoms with Crippen LogP contribution in [0.1, 0.15) is 19.8 Å². The molecule has 4 heteroatoms. The SMILES string of the molecule is CCOC(=O)[C@H]1CCC(=O)CO1. The Morgan fingerprint density at radius 1 is 1.75 bits per heavy atom. The Bertz CT molecular complexity index is 177. The molecule has 4 nitrogen and oxygen atoms in total. The van der Waals surface area contributed by atoms with E-state index in [1.165, 1.54) is 0 Å². The second-order valence-corrected chi connectivity index (χ2v) is 2.63. The Morgan fingerprint density at radius 2 is 2.50 bits per heavy atom. The van der Waals surface area contributed by atoms with Crippen molar-refractivity contribution in [2.45, 2.75) is 25.9 Å². The van der Waals surface area contributed by atoms with Crippen LogP contribution in [0.25, 0.3) is 0 Å². The summed E-state index contributed by atoms with van der Waals surface area (Å²) in [5.41, 5.74) is 0. The molecule has 0 aromatic carbocycles. The Balaban J connectivity index is 2.33. The van der Waals surface area contributed by atoms with E-state index in [9.17, 15) is 9.59 Å². The van der Waals surface area contributed by atoms with E-state index in [-0.39, 0.29) is 18.4 Å². The summed E-state index contributed by atoms with van der Waals surface area (Å²) in [5.74, 6) is -0.305. The maximum atomic E-state index is 11.0. The minimum atomic E-state index is -0.525. The van der Waals surface area contributed by atoms with E-state index in [1.807, 2.05) is 0 Å². The lowest BCUT2D eigenvalue weighted by atomic mass is 10.1. The van der Waals surface area contributed by atoms with E-state index in [0.717, 1.165) is 0 Å². The van der Waals surface area contributed by atoms with Crippen LogP contribution in [-0.2, 0) is 19.1 Å². The van der Waals surface area contributed by atoms with Gasteiger partial charge in [0.2, 0.25) is 0 Å². The molecule has 1 saturated heterocycles. The molecular formula is C8H12O4. The summed E-state index contributed by atoms with van der Waals surface area (Å²) < 4.78 is 9.72. The van der Waals surface area contributed by atoms with Gasteiger partial charge < -0.3 is 9.47 Å². The molecule has 12 heavy (non-hydrogen) atoms. The number of Topliss-reactive ketones (excluding diaryl/α,β-unsaturated/α-hetero) is 1. The van der Waals surface area contributed by atoms with Crippen molar-refractivity contribution in [3.8, 4) is 0 Å². The van der Waals surface area contributed by atoms with Crippen molar-refractivity contribution in [3.63, 3.8) is 0 Å². The third-order valence-corrected chi connectivity index (χ3v) is 1.68. The van der Waals surface area contributed by atoms with Crippen LogP contribution in [-0.4, -0.2) is 31.1 Å². The van der Waals surface area contributed by atoms with E-state index < -0.39 is 6.10 Å². The first-order valence-electron chi connectivity index (χ1n) is 4.04. The summed E-state index contributed by atoms with van der Waals surface area (Å²) in [6.07, 6.45) is 0.351. The van der Waals surface area contributed by atoms with E-state index in [1.54, 1.807) is 6.92 Å². The van der Waals surface area contributed by atoms with Gasteiger partial charge in [0.25, 0.3) is 0 Å². The molecule has 0 amide bonds. The fraction of sp³-hybridized carbons (Fsp3) is 0.750. The Kier molecular flexibility index (Phi) is 3.22. The smallest absolute Gasteiger partial charge is 0.335 e. The molecule has 0 unspecified atom stereocenters. The van der Waals surface area contributed by atoms with Gasteiger partial charge in [-0.25, -0.2) is 4.79 Å². The summed E-state index contributed by atoms with van der Waals surface area (Å²) in [5, 5.41) is 0. The predicted octanol–water partition coefficient (Wildman–Crippen LogP) is 0.298. The molecule has 0 bridgehead atoms. The Morgan fingerprint density at radius 3 is 3.00 bits per heavy atom. The van der Waals surface area contributed by atoms with Gasteiger partial charge in [-0.3, -0.25) is 4.79 Å². The van der Waals surface area contributed by atoms with Crippen molar-refractivity contribution < 1.29 is 19.1 Å². The van der Waals surface area contributed by atoms with Crippen molar-refractivity contribution in [2.75, 3.05) is 13.2 Å². The van der Waals surface area contributed by atoms with Gasteiger partial charge >= 0.3 is 5.97 Å². The van der Waals surface area contributed by atoms with Crippen LogP contribution in [0.15, 0.2) is 0 Å². The van der Waals surface area contributed by atoms with Crippen LogP contribution >= 0.6 is 0 Å². The highest BCUT2D eigenvalue weighted by Gasteiger charge is 2.26. The van der Waals surface area contributed by atoms with Crippen molar-refractivity contribution in [1.29, 1.82) is 0 Å². The lowest BCUT2D eigenvalue weighted by molar-refractivity contribution is -0.161. The van der Waals surface area contributed by atoms with Crippen molar-refractivity contribution >= 4 is 11.8 Å². The minimum Gasteiger partial charge on any atom is -0.464 e. The number of esters is 1. The zero-order valence-corrected chi connectivity index (χ0v) is 7.04. The summed E-state index contributed by atoms with van der Waals surface area (Å²) in [6.45, 7) is 2.14. The molecule has 0 aromatic heterocycles. The molecule has 0 saturated carbocycles. The number of ether oxygens (including phenoxy) is 2. The molecule has 1 fully saturated rings. The van der Waals surface area contributed by atoms with Gasteiger partial charge in [0.05, 0.1) is 6.61 Å². The summed E-state index contributed by atoms with van der Waals surface area (Å²) in [6, 6.07) is 0. The molecule has 1 aliphatic rings. The van der Waals surface area contributed by atoms with Crippen LogP contribution in [0.2, 0.25) is 0 Å². The van der Waals surface area contributed by atoms with E-state index in [0.29, 0.717) is 19.4 Å². The lowest BCUT2D eigenvalue weighted by Gasteiger charge is -2.19. The summed E-state index contributed by atoms with van der Waals surface area (Å²) >= 11 is 0. The Hall–Kier alpha value is -0.900. The van der Waals surface area contributed by atoms with Crippen molar-refractivity contribution in [1.82, 2.24) is 0 Å². The third kappa shape index (κ3) is 2.30. The fourth-order valence-electron chi connectivity index (χ4n) is 1.06. The zero-order valence-electron chi connectivity index (χ0n) is 7.04.